The van der Waals surface area contributed by atoms with Crippen LogP contribution in [0.1, 0.15) is 0 Å². The molecule has 66 valence electrons. The summed E-state index contributed by atoms with van der Waals surface area (Å²) in [6.45, 7) is 0. The predicted molar refractivity (Wildman–Crippen MR) is 49.4 cm³/mol. The van der Waals surface area contributed by atoms with Crippen LogP contribution in [0.25, 0.3) is 0 Å². The van der Waals surface area contributed by atoms with Crippen molar-refractivity contribution in [2.75, 3.05) is 0 Å². The van der Waals surface area contributed by atoms with Crippen molar-refractivity contribution in [1.82, 2.24) is 0 Å². The van der Waals surface area contributed by atoms with E-state index in [1.807, 2.05) is 0 Å². The first-order valence-corrected chi connectivity index (χ1v) is 1.51. The van der Waals surface area contributed by atoms with Gasteiger partial charge in [-0.1, -0.05) is 12.6 Å². The quantitative estimate of drug-likeness (QED) is 0.234. The molecule has 0 fully saturated rings. The summed E-state index contributed by atoms with van der Waals surface area (Å²) in [5.74, 6) is 0. The van der Waals surface area contributed by atoms with E-state index in [0.717, 1.165) is 0 Å². The zero-order valence-corrected chi connectivity index (χ0v) is 6.01. The molecular formula is CH13NaO6S2. The van der Waals surface area contributed by atoms with Crippen molar-refractivity contribution in [3.63, 3.8) is 0 Å². The van der Waals surface area contributed by atoms with Crippen molar-refractivity contribution in [2.24, 2.45) is 0 Å². The van der Waals surface area contributed by atoms with Gasteiger partial charge in [-0.3, -0.25) is 0 Å². The molecule has 0 bridgehead atoms. The Kier molecular flexibility index (Phi) is 343. The molecule has 10 heavy (non-hydrogen) atoms. The molecule has 0 spiro atoms. The monoisotopic (exact) mass is 208 g/mol. The van der Waals surface area contributed by atoms with Crippen molar-refractivity contribution < 1.29 is 32.5 Å². The van der Waals surface area contributed by atoms with Crippen LogP contribution in [0.3, 0.4) is 0 Å². The van der Waals surface area contributed by atoms with Crippen molar-refractivity contribution in [1.29, 1.82) is 0 Å². The van der Waals surface area contributed by atoms with E-state index in [1.165, 1.54) is 0 Å². The number of hydrogen-bond acceptors (Lipinski definition) is 1. The van der Waals surface area contributed by atoms with E-state index in [9.17, 15) is 0 Å². The minimum atomic E-state index is -0.306. The summed E-state index contributed by atoms with van der Waals surface area (Å²) in [6.07, 6.45) is 0. The standard InChI is InChI=1S/CH2OS2.Na.5H2O.H/c2-1(3)4;;;;;;;/h(H2,2,3,4);;5*1H2;. The Balaban J connectivity index is -0.00000000300. The van der Waals surface area contributed by atoms with E-state index in [-0.39, 0.29) is 61.3 Å². The molecule has 0 aromatic carbocycles. The van der Waals surface area contributed by atoms with Crippen LogP contribution in [0.15, 0.2) is 0 Å². The molecule has 0 saturated carbocycles. The molecular weight excluding hydrogens is 195 g/mol. The minimum absolute atomic E-state index is 0. The molecule has 0 saturated heterocycles. The third-order valence-electron chi connectivity index (χ3n) is 0. The number of thiol groups is 1. The predicted octanol–water partition coefficient (Wildman–Crippen LogP) is -4.01. The van der Waals surface area contributed by atoms with Gasteiger partial charge in [-0.25, -0.2) is 0 Å². The number of aliphatic hydroxyl groups is 1. The van der Waals surface area contributed by atoms with Crippen LogP contribution in [0.2, 0.25) is 0 Å². The van der Waals surface area contributed by atoms with E-state index in [4.69, 9.17) is 5.11 Å². The Bertz CT molecular complexity index is 38.7. The summed E-state index contributed by atoms with van der Waals surface area (Å²) >= 11 is 7.21. The van der Waals surface area contributed by atoms with Gasteiger partial charge in [0, 0.05) is 0 Å². The summed E-state index contributed by atoms with van der Waals surface area (Å²) in [5.41, 5.74) is 0. The fraction of sp³-hybridized carbons (Fsp3) is 0. The molecule has 0 aliphatic carbocycles. The topological polar surface area (TPSA) is 178 Å². The van der Waals surface area contributed by atoms with E-state index in [2.05, 4.69) is 24.8 Å². The molecule has 0 rings (SSSR count). The first kappa shape index (κ1) is 68.2. The van der Waals surface area contributed by atoms with E-state index in [0.29, 0.717) is 0 Å². The van der Waals surface area contributed by atoms with E-state index in [1.54, 1.807) is 0 Å². The molecule has 0 aromatic heterocycles. The second kappa shape index (κ2) is 50.3. The molecule has 9 heteroatoms. The van der Waals surface area contributed by atoms with Gasteiger partial charge < -0.3 is 32.5 Å². The van der Waals surface area contributed by atoms with Gasteiger partial charge >= 0.3 is 29.6 Å². The van der Waals surface area contributed by atoms with Crippen LogP contribution < -0.4 is 0 Å². The Labute approximate surface area is 90.9 Å². The second-order valence-corrected chi connectivity index (χ2v) is 1.40. The van der Waals surface area contributed by atoms with Gasteiger partial charge in [0.15, 0.2) is 0 Å². The number of aliphatic hydroxyl groups excluding tert-OH is 1. The maximum atomic E-state index is 7.65. The van der Waals surface area contributed by atoms with Gasteiger partial charge in [0.25, 0.3) is 0 Å². The van der Waals surface area contributed by atoms with Gasteiger partial charge in [-0.15, -0.1) is 0 Å². The Hall–Kier alpha value is 1.04. The molecule has 0 aromatic rings. The van der Waals surface area contributed by atoms with E-state index >= 15 is 0 Å². The van der Waals surface area contributed by atoms with Gasteiger partial charge in [0.1, 0.15) is 0 Å². The number of hydrogen-bond donors (Lipinski definition) is 2. The van der Waals surface area contributed by atoms with Crippen molar-refractivity contribution >= 4 is 58.8 Å². The summed E-state index contributed by atoms with van der Waals surface area (Å²) in [7, 11) is 0. The summed E-state index contributed by atoms with van der Waals surface area (Å²) in [5, 5.41) is 7.65. The fourth-order valence-corrected chi connectivity index (χ4v) is 0. The molecule has 11 N–H and O–H groups in total. The molecule has 0 heterocycles. The zero-order valence-electron chi connectivity index (χ0n) is 4.30. The first-order chi connectivity index (χ1) is 1.73. The molecule has 0 atom stereocenters. The number of thiocarbonyl (C=S) groups is 1. The van der Waals surface area contributed by atoms with Crippen molar-refractivity contribution in [2.45, 2.75) is 0 Å². The molecule has 0 aliphatic heterocycles. The molecule has 0 amide bonds. The third-order valence-corrected chi connectivity index (χ3v) is 0. The molecule has 0 radical (unpaired) electrons. The van der Waals surface area contributed by atoms with Crippen LogP contribution in [0.4, 0.5) is 0 Å². The normalized spacial score (nSPS) is 2.50. The summed E-state index contributed by atoms with van der Waals surface area (Å²) in [6, 6.07) is 0. The van der Waals surface area contributed by atoms with Crippen LogP contribution >= 0.6 is 24.8 Å². The molecule has 6 nitrogen and oxygen atoms in total. The Morgan fingerprint density at radius 1 is 1.00 bits per heavy atom. The maximum absolute atomic E-state index is 7.65. The number of rotatable bonds is 0. The van der Waals surface area contributed by atoms with Gasteiger partial charge in [-0.05, 0) is 12.2 Å². The average Bonchev–Trinajstić information content (AvgIpc) is 0.811. The Morgan fingerprint density at radius 3 is 1.00 bits per heavy atom. The van der Waals surface area contributed by atoms with E-state index < -0.39 is 0 Å². The van der Waals surface area contributed by atoms with Gasteiger partial charge in [0.05, 0.1) is 0 Å². The first-order valence-electron chi connectivity index (χ1n) is 0.651. The summed E-state index contributed by atoms with van der Waals surface area (Å²) < 4.78 is -0.306. The van der Waals surface area contributed by atoms with Crippen molar-refractivity contribution in [3.05, 3.63) is 0 Å². The molecule has 0 unspecified atom stereocenters. The zero-order chi connectivity index (χ0) is 3.58. The van der Waals surface area contributed by atoms with Gasteiger partial charge in [-0.2, -0.15) is 0 Å². The Morgan fingerprint density at radius 2 is 1.00 bits per heavy atom. The van der Waals surface area contributed by atoms with Gasteiger partial charge in [0.2, 0.25) is 4.38 Å². The van der Waals surface area contributed by atoms with Crippen LogP contribution in [-0.4, -0.2) is 66.4 Å². The fourth-order valence-electron chi connectivity index (χ4n) is 0. The summed E-state index contributed by atoms with van der Waals surface area (Å²) in [4.78, 5) is 0. The molecule has 0 aliphatic rings. The second-order valence-electron chi connectivity index (χ2n) is 0.283. The third kappa shape index (κ3) is 540. The van der Waals surface area contributed by atoms with Crippen LogP contribution in [-0.2, 0) is 0 Å². The average molecular weight is 208 g/mol. The van der Waals surface area contributed by atoms with Crippen LogP contribution in [0, 0.1) is 0 Å². The van der Waals surface area contributed by atoms with Crippen LogP contribution in [0.5, 0.6) is 0 Å². The van der Waals surface area contributed by atoms with Crippen molar-refractivity contribution in [3.8, 4) is 0 Å². The SMILES string of the molecule is O.O.O.O.O.OC(=S)S.[NaH].